The average Bonchev–Trinajstić information content (AvgIpc) is 2.19. The Morgan fingerprint density at radius 2 is 0.792 bits per heavy atom. The van der Waals surface area contributed by atoms with Crippen LogP contribution in [0.15, 0.2) is 24.3 Å². The summed E-state index contributed by atoms with van der Waals surface area (Å²) in [7, 11) is 0. The lowest BCUT2D eigenvalue weighted by Gasteiger charge is -2.77. The van der Waals surface area contributed by atoms with E-state index in [0.717, 1.165) is 0 Å². The van der Waals surface area contributed by atoms with Crippen LogP contribution in [0, 0.1) is 21.7 Å². The second-order valence-electron chi connectivity index (χ2n) is 12.3. The second-order valence-corrected chi connectivity index (χ2v) is 12.3. The zero-order valence-electron chi connectivity index (χ0n) is 16.6. The molecular formula is C24H34. The van der Waals surface area contributed by atoms with Crippen molar-refractivity contribution in [3.8, 4) is 0 Å². The molecule has 7 rings (SSSR count). The molecule has 6 aliphatic carbocycles. The fraction of sp³-hybridized carbons (Fsp3) is 0.750. The second kappa shape index (κ2) is 3.81. The van der Waals surface area contributed by atoms with E-state index in [1.165, 1.54) is 38.5 Å². The van der Waals surface area contributed by atoms with Gasteiger partial charge in [-0.05, 0) is 82.1 Å². The predicted octanol–water partition coefficient (Wildman–Crippen LogP) is 6.62. The fourth-order valence-corrected chi connectivity index (χ4v) is 6.96. The Bertz CT molecular complexity index is 601. The molecule has 0 N–H and O–H groups in total. The number of benzene rings is 1. The Morgan fingerprint density at radius 3 is 1.00 bits per heavy atom. The zero-order valence-corrected chi connectivity index (χ0v) is 16.6. The standard InChI is InChI=1S/C24H34/c1-19(2,3)23-11-21(12-23,13-23)17-7-9-18(10-8-17)22-14-24(15-22,16-22)20(4,5)6/h7-10H,11-16H2,1-6H3. The molecule has 0 radical (unpaired) electrons. The van der Waals surface area contributed by atoms with Gasteiger partial charge in [-0.25, -0.2) is 0 Å². The highest BCUT2D eigenvalue weighted by atomic mass is 14.8. The summed E-state index contributed by atoms with van der Waals surface area (Å²) >= 11 is 0. The van der Waals surface area contributed by atoms with Crippen LogP contribution in [0.1, 0.15) is 91.2 Å². The van der Waals surface area contributed by atoms with Gasteiger partial charge in [0.25, 0.3) is 0 Å². The van der Waals surface area contributed by atoms with Crippen LogP contribution in [0.2, 0.25) is 0 Å². The first kappa shape index (κ1) is 15.5. The van der Waals surface area contributed by atoms with Gasteiger partial charge in [0.15, 0.2) is 0 Å². The van der Waals surface area contributed by atoms with Gasteiger partial charge in [0.05, 0.1) is 0 Å². The van der Waals surface area contributed by atoms with Crippen molar-refractivity contribution < 1.29 is 0 Å². The molecular weight excluding hydrogens is 288 g/mol. The predicted molar refractivity (Wildman–Crippen MR) is 101 cm³/mol. The average molecular weight is 323 g/mol. The van der Waals surface area contributed by atoms with E-state index in [-0.39, 0.29) is 0 Å². The van der Waals surface area contributed by atoms with Gasteiger partial charge in [-0.15, -0.1) is 0 Å². The van der Waals surface area contributed by atoms with Crippen LogP contribution in [-0.4, -0.2) is 0 Å². The lowest BCUT2D eigenvalue weighted by Crippen LogP contribution is -2.69. The van der Waals surface area contributed by atoms with Crippen LogP contribution in [0.25, 0.3) is 0 Å². The first-order valence-electron chi connectivity index (χ1n) is 10.1. The van der Waals surface area contributed by atoms with Crippen molar-refractivity contribution in [1.29, 1.82) is 0 Å². The Kier molecular flexibility index (Phi) is 2.46. The smallest absolute Gasteiger partial charge is 0.00305 e. The third-order valence-electron chi connectivity index (χ3n) is 9.35. The van der Waals surface area contributed by atoms with E-state index in [1.54, 1.807) is 11.1 Å². The molecule has 24 heavy (non-hydrogen) atoms. The van der Waals surface area contributed by atoms with E-state index < -0.39 is 0 Å². The van der Waals surface area contributed by atoms with Crippen LogP contribution in [-0.2, 0) is 10.8 Å². The zero-order chi connectivity index (χ0) is 17.2. The first-order chi connectivity index (χ1) is 11.0. The van der Waals surface area contributed by atoms with E-state index in [0.29, 0.717) is 32.5 Å². The van der Waals surface area contributed by atoms with Gasteiger partial charge in [0.2, 0.25) is 0 Å². The quantitative estimate of drug-likeness (QED) is 0.574. The van der Waals surface area contributed by atoms with Crippen LogP contribution in [0.3, 0.4) is 0 Å². The van der Waals surface area contributed by atoms with Crippen LogP contribution in [0.5, 0.6) is 0 Å². The topological polar surface area (TPSA) is 0 Å². The minimum atomic E-state index is 0.488. The van der Waals surface area contributed by atoms with Crippen molar-refractivity contribution in [3.05, 3.63) is 35.4 Å². The van der Waals surface area contributed by atoms with Crippen molar-refractivity contribution >= 4 is 0 Å². The monoisotopic (exact) mass is 322 g/mol. The molecule has 6 aliphatic rings. The molecule has 0 heteroatoms. The largest absolute Gasteiger partial charge is 0.0596 e. The maximum atomic E-state index is 2.49. The molecule has 0 nitrogen and oxygen atoms in total. The Morgan fingerprint density at radius 1 is 0.542 bits per heavy atom. The lowest BCUT2D eigenvalue weighted by atomic mass is 9.27. The minimum absolute atomic E-state index is 0.488. The molecule has 0 saturated heterocycles. The summed E-state index contributed by atoms with van der Waals surface area (Å²) in [6, 6.07) is 9.97. The van der Waals surface area contributed by atoms with Gasteiger partial charge in [-0.2, -0.15) is 0 Å². The molecule has 0 aliphatic heterocycles. The lowest BCUT2D eigenvalue weighted by molar-refractivity contribution is -0.210. The maximum absolute atomic E-state index is 2.49. The van der Waals surface area contributed by atoms with Crippen LogP contribution < -0.4 is 0 Å². The third kappa shape index (κ3) is 1.53. The van der Waals surface area contributed by atoms with Crippen LogP contribution in [0.4, 0.5) is 0 Å². The summed E-state index contributed by atoms with van der Waals surface area (Å²) in [4.78, 5) is 0. The van der Waals surface area contributed by atoms with Gasteiger partial charge in [0.1, 0.15) is 0 Å². The van der Waals surface area contributed by atoms with E-state index >= 15 is 0 Å². The summed E-state index contributed by atoms with van der Waals surface area (Å²) in [5, 5.41) is 0. The molecule has 0 heterocycles. The highest BCUT2D eigenvalue weighted by Crippen LogP contribution is 2.80. The summed E-state index contributed by atoms with van der Waals surface area (Å²) in [5.74, 6) is 0. The summed E-state index contributed by atoms with van der Waals surface area (Å²) in [5.41, 5.74) is 6.65. The van der Waals surface area contributed by atoms with Crippen molar-refractivity contribution in [2.45, 2.75) is 90.9 Å². The Balaban J connectivity index is 1.30. The SMILES string of the molecule is CC(C)(C)C12CC(c3ccc(C45CC(C(C)(C)C)(C4)C5)cc3)(C1)C2. The number of hydrogen-bond donors (Lipinski definition) is 0. The number of rotatable bonds is 2. The van der Waals surface area contributed by atoms with Gasteiger partial charge in [-0.1, -0.05) is 65.8 Å². The molecule has 6 saturated carbocycles. The van der Waals surface area contributed by atoms with Crippen LogP contribution >= 0.6 is 0 Å². The highest BCUT2D eigenvalue weighted by Gasteiger charge is 2.73. The fourth-order valence-electron chi connectivity index (χ4n) is 6.96. The summed E-state index contributed by atoms with van der Waals surface area (Å²) in [6.07, 6.45) is 8.59. The van der Waals surface area contributed by atoms with Crippen molar-refractivity contribution in [1.82, 2.24) is 0 Å². The molecule has 1 aromatic carbocycles. The van der Waals surface area contributed by atoms with Gasteiger partial charge in [-0.3, -0.25) is 0 Å². The van der Waals surface area contributed by atoms with Gasteiger partial charge in [0, 0.05) is 0 Å². The molecule has 6 fully saturated rings. The molecule has 0 atom stereocenters. The number of hydrogen-bond acceptors (Lipinski definition) is 0. The molecule has 0 spiro atoms. The van der Waals surface area contributed by atoms with E-state index in [1.807, 2.05) is 0 Å². The summed E-state index contributed by atoms with van der Waals surface area (Å²) in [6.45, 7) is 14.6. The van der Waals surface area contributed by atoms with Gasteiger partial charge >= 0.3 is 0 Å². The Hall–Kier alpha value is -0.780. The third-order valence-corrected chi connectivity index (χ3v) is 9.35. The van der Waals surface area contributed by atoms with Crippen molar-refractivity contribution in [2.24, 2.45) is 21.7 Å². The molecule has 130 valence electrons. The highest BCUT2D eigenvalue weighted by molar-refractivity contribution is 5.45. The van der Waals surface area contributed by atoms with Gasteiger partial charge < -0.3 is 0 Å². The maximum Gasteiger partial charge on any atom is -0.00305 e. The van der Waals surface area contributed by atoms with E-state index in [4.69, 9.17) is 0 Å². The minimum Gasteiger partial charge on any atom is -0.0596 e. The molecule has 4 bridgehead atoms. The molecule has 0 unspecified atom stereocenters. The molecule has 0 aromatic heterocycles. The molecule has 1 aromatic rings. The van der Waals surface area contributed by atoms with Crippen molar-refractivity contribution in [3.63, 3.8) is 0 Å². The first-order valence-corrected chi connectivity index (χ1v) is 10.1. The van der Waals surface area contributed by atoms with E-state index in [2.05, 4.69) is 65.8 Å². The van der Waals surface area contributed by atoms with Crippen molar-refractivity contribution in [2.75, 3.05) is 0 Å². The summed E-state index contributed by atoms with van der Waals surface area (Å²) < 4.78 is 0. The normalized spacial score (nSPS) is 45.6. The molecule has 0 amide bonds. The van der Waals surface area contributed by atoms with E-state index in [9.17, 15) is 0 Å². The Labute approximate surface area is 148 Å².